The first-order chi connectivity index (χ1) is 12.8. The number of aromatic nitrogens is 7. The third kappa shape index (κ3) is 3.06. The monoisotopic (exact) mass is 367 g/mol. The molecule has 8 nitrogen and oxygen atoms in total. The topological polar surface area (TPSA) is 94.0 Å². The number of benzene rings is 1. The zero-order chi connectivity index (χ0) is 17.9. The number of hydrogen-bond donors (Lipinski definition) is 1. The largest absolute Gasteiger partial charge is 0.388 e. The Morgan fingerprint density at radius 3 is 2.77 bits per heavy atom. The molecule has 0 unspecified atom stereocenters. The van der Waals surface area contributed by atoms with Crippen LogP contribution in [0.15, 0.2) is 52.9 Å². The van der Waals surface area contributed by atoms with E-state index in [1.54, 1.807) is 4.52 Å². The molecule has 0 aliphatic heterocycles. The lowest BCUT2D eigenvalue weighted by atomic mass is 10.1. The van der Waals surface area contributed by atoms with Gasteiger partial charge < -0.3 is 9.67 Å². The third-order valence-electron chi connectivity index (χ3n) is 3.87. The average molecular weight is 367 g/mol. The lowest BCUT2D eigenvalue weighted by molar-refractivity contribution is 0.263. The van der Waals surface area contributed by atoms with Crippen molar-refractivity contribution >= 4 is 17.5 Å². The van der Waals surface area contributed by atoms with E-state index in [2.05, 4.69) is 32.2 Å². The molecule has 1 aromatic carbocycles. The van der Waals surface area contributed by atoms with Gasteiger partial charge in [-0.05, 0) is 24.2 Å². The normalized spacial score (nSPS) is 11.3. The first-order valence-electron chi connectivity index (χ1n) is 8.27. The van der Waals surface area contributed by atoms with Crippen LogP contribution in [0.25, 0.3) is 17.0 Å². The van der Waals surface area contributed by atoms with Crippen molar-refractivity contribution in [3.8, 4) is 11.3 Å². The fraction of sp³-hybridized carbons (Fsp3) is 0.235. The highest BCUT2D eigenvalue weighted by atomic mass is 32.2. The molecule has 0 spiro atoms. The maximum Gasteiger partial charge on any atom is 0.253 e. The summed E-state index contributed by atoms with van der Waals surface area (Å²) in [7, 11) is 0. The van der Waals surface area contributed by atoms with Crippen LogP contribution in [0.4, 0.5) is 0 Å². The van der Waals surface area contributed by atoms with E-state index in [9.17, 15) is 5.11 Å². The summed E-state index contributed by atoms with van der Waals surface area (Å²) in [5.74, 6) is 1.08. The number of fused-ring (bicyclic) bond motifs is 1. The van der Waals surface area contributed by atoms with Crippen LogP contribution in [-0.2, 0) is 13.2 Å². The minimum atomic E-state index is -0.141. The summed E-state index contributed by atoms with van der Waals surface area (Å²) in [5, 5.41) is 23.6. The molecule has 0 aliphatic carbocycles. The van der Waals surface area contributed by atoms with Gasteiger partial charge in [-0.3, -0.25) is 0 Å². The number of hydrogen-bond acceptors (Lipinski definition) is 7. The summed E-state index contributed by atoms with van der Waals surface area (Å²) >= 11 is 1.43. The van der Waals surface area contributed by atoms with Crippen molar-refractivity contribution in [3.05, 3.63) is 48.5 Å². The van der Waals surface area contributed by atoms with Gasteiger partial charge in [-0.15, -0.1) is 10.2 Å². The van der Waals surface area contributed by atoms with Crippen LogP contribution >= 0.6 is 11.8 Å². The Hall–Kier alpha value is -2.78. The van der Waals surface area contributed by atoms with Gasteiger partial charge in [0.2, 0.25) is 0 Å². The van der Waals surface area contributed by atoms with E-state index in [-0.39, 0.29) is 6.61 Å². The minimum Gasteiger partial charge on any atom is -0.388 e. The van der Waals surface area contributed by atoms with Crippen molar-refractivity contribution < 1.29 is 5.11 Å². The molecular formula is C17H17N7OS. The molecule has 0 amide bonds. The predicted octanol–water partition coefficient (Wildman–Crippen LogP) is 2.44. The summed E-state index contributed by atoms with van der Waals surface area (Å²) in [6.07, 6.45) is 2.40. The fourth-order valence-corrected chi connectivity index (χ4v) is 3.63. The van der Waals surface area contributed by atoms with Crippen LogP contribution in [0.3, 0.4) is 0 Å². The molecule has 0 fully saturated rings. The molecule has 4 aromatic rings. The summed E-state index contributed by atoms with van der Waals surface area (Å²) < 4.78 is 3.61. The molecule has 0 radical (unpaired) electrons. The predicted molar refractivity (Wildman–Crippen MR) is 96.6 cm³/mol. The molecule has 4 rings (SSSR count). The van der Waals surface area contributed by atoms with Crippen LogP contribution in [0, 0.1) is 0 Å². The highest BCUT2D eigenvalue weighted by molar-refractivity contribution is 7.99. The molecule has 0 saturated carbocycles. The van der Waals surface area contributed by atoms with Gasteiger partial charge in [0.05, 0.1) is 5.69 Å². The highest BCUT2D eigenvalue weighted by Crippen LogP contribution is 2.30. The second-order valence-electron chi connectivity index (χ2n) is 5.63. The average Bonchev–Trinajstić information content (AvgIpc) is 3.30. The molecule has 0 saturated heterocycles. The van der Waals surface area contributed by atoms with Gasteiger partial charge in [0.1, 0.15) is 18.0 Å². The quantitative estimate of drug-likeness (QED) is 0.523. The summed E-state index contributed by atoms with van der Waals surface area (Å²) in [5.41, 5.74) is 1.82. The minimum absolute atomic E-state index is 0.141. The molecule has 0 atom stereocenters. The summed E-state index contributed by atoms with van der Waals surface area (Å²) in [6, 6.07) is 11.9. The summed E-state index contributed by atoms with van der Waals surface area (Å²) in [4.78, 5) is 8.81. The zero-order valence-electron chi connectivity index (χ0n) is 14.1. The van der Waals surface area contributed by atoms with Crippen molar-refractivity contribution in [1.29, 1.82) is 0 Å². The Morgan fingerprint density at radius 2 is 2.00 bits per heavy atom. The Kier molecular flexibility index (Phi) is 4.63. The van der Waals surface area contributed by atoms with E-state index in [1.165, 1.54) is 18.1 Å². The van der Waals surface area contributed by atoms with E-state index in [1.807, 2.05) is 41.0 Å². The lowest BCUT2D eigenvalue weighted by Gasteiger charge is -2.09. The molecule has 9 heteroatoms. The summed E-state index contributed by atoms with van der Waals surface area (Å²) in [6.45, 7) is 2.67. The van der Waals surface area contributed by atoms with Crippen molar-refractivity contribution in [1.82, 2.24) is 34.3 Å². The first-order valence-corrected chi connectivity index (χ1v) is 9.08. The molecule has 26 heavy (non-hydrogen) atoms. The van der Waals surface area contributed by atoms with Gasteiger partial charge in [-0.25, -0.2) is 4.98 Å². The third-order valence-corrected chi connectivity index (χ3v) is 4.85. The van der Waals surface area contributed by atoms with Crippen molar-refractivity contribution in [2.24, 2.45) is 0 Å². The van der Waals surface area contributed by atoms with Crippen molar-refractivity contribution in [2.45, 2.75) is 36.7 Å². The number of aliphatic hydroxyl groups excluding tert-OH is 1. The van der Waals surface area contributed by atoms with Crippen molar-refractivity contribution in [3.63, 3.8) is 0 Å². The van der Waals surface area contributed by atoms with E-state index >= 15 is 0 Å². The SMILES string of the molecule is CCCn1c(CO)nnc1Sc1cc(-c2ccccc2)nc2ncnn12. The number of aliphatic hydroxyl groups is 1. The zero-order valence-corrected chi connectivity index (χ0v) is 15.0. The second kappa shape index (κ2) is 7.22. The molecule has 3 heterocycles. The van der Waals surface area contributed by atoms with Gasteiger partial charge in [-0.2, -0.15) is 14.6 Å². The van der Waals surface area contributed by atoms with Crippen LogP contribution < -0.4 is 0 Å². The fourth-order valence-electron chi connectivity index (χ4n) is 2.67. The van der Waals surface area contributed by atoms with Crippen LogP contribution in [0.1, 0.15) is 19.2 Å². The van der Waals surface area contributed by atoms with Gasteiger partial charge in [0, 0.05) is 12.1 Å². The Bertz CT molecular complexity index is 1030. The van der Waals surface area contributed by atoms with Crippen LogP contribution in [0.5, 0.6) is 0 Å². The number of rotatable bonds is 6. The molecular weight excluding hydrogens is 350 g/mol. The maximum absolute atomic E-state index is 9.49. The van der Waals surface area contributed by atoms with E-state index < -0.39 is 0 Å². The van der Waals surface area contributed by atoms with Gasteiger partial charge in [0.25, 0.3) is 5.78 Å². The van der Waals surface area contributed by atoms with E-state index in [0.717, 1.165) is 29.2 Å². The van der Waals surface area contributed by atoms with Crippen LogP contribution in [0.2, 0.25) is 0 Å². The Morgan fingerprint density at radius 1 is 1.15 bits per heavy atom. The van der Waals surface area contributed by atoms with Crippen LogP contribution in [-0.4, -0.2) is 39.5 Å². The Labute approximate surface area is 153 Å². The molecule has 1 N–H and O–H groups in total. The standard InChI is InChI=1S/C17H17N7OS/c1-2-8-23-14(10-25)21-22-17(23)26-15-9-13(12-6-4-3-5-7-12)20-16-18-11-19-24(15)16/h3-7,9,11,25H,2,8,10H2,1H3. The lowest BCUT2D eigenvalue weighted by Crippen LogP contribution is -2.05. The van der Waals surface area contributed by atoms with Crippen molar-refractivity contribution in [2.75, 3.05) is 0 Å². The smallest absolute Gasteiger partial charge is 0.253 e. The van der Waals surface area contributed by atoms with Gasteiger partial charge >= 0.3 is 0 Å². The molecule has 0 bridgehead atoms. The Balaban J connectivity index is 1.79. The molecule has 3 aromatic heterocycles. The van der Waals surface area contributed by atoms with Gasteiger partial charge in [-0.1, -0.05) is 37.3 Å². The second-order valence-corrected chi connectivity index (χ2v) is 6.62. The van der Waals surface area contributed by atoms with E-state index in [0.29, 0.717) is 16.8 Å². The molecule has 132 valence electrons. The first kappa shape index (κ1) is 16.7. The highest BCUT2D eigenvalue weighted by Gasteiger charge is 2.16. The van der Waals surface area contributed by atoms with E-state index in [4.69, 9.17) is 0 Å². The maximum atomic E-state index is 9.49. The van der Waals surface area contributed by atoms with Gasteiger partial charge in [0.15, 0.2) is 11.0 Å². The molecule has 0 aliphatic rings. The number of nitrogens with zero attached hydrogens (tertiary/aromatic N) is 7.